The van der Waals surface area contributed by atoms with Crippen LogP contribution in [-0.4, -0.2) is 11.8 Å². The van der Waals surface area contributed by atoms with Gasteiger partial charge in [0.25, 0.3) is 5.91 Å². The summed E-state index contributed by atoms with van der Waals surface area (Å²) in [6.45, 7) is 1.42. The van der Waals surface area contributed by atoms with E-state index < -0.39 is 5.91 Å². The molecule has 0 unspecified atom stereocenters. The lowest BCUT2D eigenvalue weighted by molar-refractivity contribution is -0.114. The number of ether oxygens (including phenoxy) is 1. The van der Waals surface area contributed by atoms with E-state index >= 15 is 0 Å². The van der Waals surface area contributed by atoms with Crippen molar-refractivity contribution in [1.82, 2.24) is 0 Å². The van der Waals surface area contributed by atoms with Crippen LogP contribution in [0.4, 0.5) is 11.4 Å². The number of carbonyl (C=O) groups excluding carboxylic acids is 2. The number of carbonyl (C=O) groups is 2. The predicted molar refractivity (Wildman–Crippen MR) is 116 cm³/mol. The summed E-state index contributed by atoms with van der Waals surface area (Å²) >= 11 is 0. The van der Waals surface area contributed by atoms with Crippen molar-refractivity contribution in [2.24, 2.45) is 0 Å². The van der Waals surface area contributed by atoms with Gasteiger partial charge in [0.05, 0.1) is 5.69 Å². The van der Waals surface area contributed by atoms with Crippen molar-refractivity contribution in [1.29, 1.82) is 5.26 Å². The molecule has 0 aliphatic rings. The van der Waals surface area contributed by atoms with Gasteiger partial charge in [0.15, 0.2) is 5.75 Å². The fourth-order valence-corrected chi connectivity index (χ4v) is 2.65. The molecule has 0 bridgehead atoms. The van der Waals surface area contributed by atoms with Crippen LogP contribution in [0.1, 0.15) is 12.5 Å². The first-order valence-corrected chi connectivity index (χ1v) is 9.18. The summed E-state index contributed by atoms with van der Waals surface area (Å²) < 4.78 is 5.84. The van der Waals surface area contributed by atoms with Crippen molar-refractivity contribution in [3.8, 4) is 17.6 Å². The van der Waals surface area contributed by atoms with E-state index in [9.17, 15) is 14.9 Å². The monoisotopic (exact) mass is 397 g/mol. The number of nitrogens with one attached hydrogen (secondary N) is 2. The number of hydrogen-bond acceptors (Lipinski definition) is 4. The molecule has 6 nitrogen and oxygen atoms in total. The third kappa shape index (κ3) is 5.57. The second kappa shape index (κ2) is 9.71. The largest absolute Gasteiger partial charge is 0.455 e. The quantitative estimate of drug-likeness (QED) is 0.453. The number of nitriles is 1. The van der Waals surface area contributed by atoms with Crippen LogP contribution in [0.25, 0.3) is 6.08 Å². The molecule has 0 spiro atoms. The molecule has 0 saturated heterocycles. The molecule has 0 saturated carbocycles. The topological polar surface area (TPSA) is 91.2 Å². The normalized spacial score (nSPS) is 10.6. The van der Waals surface area contributed by atoms with E-state index in [1.165, 1.54) is 13.0 Å². The summed E-state index contributed by atoms with van der Waals surface area (Å²) in [7, 11) is 0. The molecule has 0 aliphatic carbocycles. The minimum absolute atomic E-state index is 0.0585. The fourth-order valence-electron chi connectivity index (χ4n) is 2.65. The van der Waals surface area contributed by atoms with Gasteiger partial charge in [-0.25, -0.2) is 0 Å². The van der Waals surface area contributed by atoms with Crippen LogP contribution in [0.15, 0.2) is 84.4 Å². The average Bonchev–Trinajstić information content (AvgIpc) is 2.75. The van der Waals surface area contributed by atoms with Crippen LogP contribution in [-0.2, 0) is 9.59 Å². The lowest BCUT2D eigenvalue weighted by atomic mass is 10.1. The maximum atomic E-state index is 12.7. The molecular weight excluding hydrogens is 378 g/mol. The van der Waals surface area contributed by atoms with Crippen molar-refractivity contribution in [2.75, 3.05) is 10.6 Å². The van der Waals surface area contributed by atoms with Gasteiger partial charge < -0.3 is 15.4 Å². The van der Waals surface area contributed by atoms with Gasteiger partial charge in [-0.2, -0.15) is 5.26 Å². The Kier molecular flexibility index (Phi) is 6.59. The molecule has 0 atom stereocenters. The number of hydrogen-bond donors (Lipinski definition) is 2. The van der Waals surface area contributed by atoms with Crippen molar-refractivity contribution >= 4 is 29.3 Å². The van der Waals surface area contributed by atoms with Gasteiger partial charge >= 0.3 is 0 Å². The Morgan fingerprint density at radius 1 is 0.900 bits per heavy atom. The number of para-hydroxylation sites is 3. The maximum Gasteiger partial charge on any atom is 0.266 e. The molecule has 0 radical (unpaired) electrons. The Bertz CT molecular complexity index is 1110. The summed E-state index contributed by atoms with van der Waals surface area (Å²) in [5, 5.41) is 14.8. The first kappa shape index (κ1) is 20.4. The third-order valence-corrected chi connectivity index (χ3v) is 4.01. The molecular formula is C24H19N3O3. The molecule has 148 valence electrons. The van der Waals surface area contributed by atoms with E-state index in [4.69, 9.17) is 4.74 Å². The average molecular weight is 397 g/mol. The van der Waals surface area contributed by atoms with Gasteiger partial charge in [0, 0.05) is 12.6 Å². The fraction of sp³-hybridized carbons (Fsp3) is 0.0417. The van der Waals surface area contributed by atoms with Crippen LogP contribution < -0.4 is 15.4 Å². The van der Waals surface area contributed by atoms with E-state index in [2.05, 4.69) is 10.6 Å². The highest BCUT2D eigenvalue weighted by Crippen LogP contribution is 2.29. The van der Waals surface area contributed by atoms with E-state index in [0.717, 1.165) is 0 Å². The third-order valence-electron chi connectivity index (χ3n) is 4.01. The Morgan fingerprint density at radius 2 is 1.57 bits per heavy atom. The van der Waals surface area contributed by atoms with Crippen LogP contribution >= 0.6 is 0 Å². The van der Waals surface area contributed by atoms with Crippen LogP contribution in [0, 0.1) is 11.3 Å². The summed E-state index contributed by atoms with van der Waals surface area (Å²) in [4.78, 5) is 23.7. The summed E-state index contributed by atoms with van der Waals surface area (Å²) in [5.41, 5.74) is 1.68. The second-order valence-electron chi connectivity index (χ2n) is 6.34. The number of amides is 2. The molecule has 3 rings (SSSR count). The molecule has 0 aliphatic heterocycles. The van der Waals surface area contributed by atoms with E-state index in [0.29, 0.717) is 28.4 Å². The van der Waals surface area contributed by atoms with Crippen molar-refractivity contribution in [3.05, 3.63) is 90.0 Å². The molecule has 2 N–H and O–H groups in total. The first-order chi connectivity index (χ1) is 14.5. The summed E-state index contributed by atoms with van der Waals surface area (Å²) in [5.74, 6) is 0.378. The molecule has 30 heavy (non-hydrogen) atoms. The molecule has 2 amide bonds. The van der Waals surface area contributed by atoms with Crippen LogP contribution in [0.5, 0.6) is 11.5 Å². The Hall–Kier alpha value is -4.37. The van der Waals surface area contributed by atoms with Crippen molar-refractivity contribution < 1.29 is 14.3 Å². The van der Waals surface area contributed by atoms with E-state index in [1.54, 1.807) is 48.5 Å². The summed E-state index contributed by atoms with van der Waals surface area (Å²) in [6.07, 6.45) is 1.48. The van der Waals surface area contributed by atoms with Crippen molar-refractivity contribution in [2.45, 2.75) is 6.92 Å². The van der Waals surface area contributed by atoms with Gasteiger partial charge in [-0.15, -0.1) is 0 Å². The van der Waals surface area contributed by atoms with E-state index in [1.807, 2.05) is 36.4 Å². The highest BCUT2D eigenvalue weighted by molar-refractivity contribution is 6.10. The van der Waals surface area contributed by atoms with Gasteiger partial charge in [-0.3, -0.25) is 9.59 Å². The Balaban J connectivity index is 1.76. The van der Waals surface area contributed by atoms with Crippen LogP contribution in [0.3, 0.4) is 0 Å². The lowest BCUT2D eigenvalue weighted by Crippen LogP contribution is -2.14. The number of nitrogens with zero attached hydrogens (tertiary/aromatic N) is 1. The lowest BCUT2D eigenvalue weighted by Gasteiger charge is -2.12. The zero-order valence-electron chi connectivity index (χ0n) is 16.3. The number of rotatable bonds is 6. The Labute approximate surface area is 174 Å². The summed E-state index contributed by atoms with van der Waals surface area (Å²) in [6, 6.07) is 24.9. The number of benzene rings is 3. The van der Waals surface area contributed by atoms with Gasteiger partial charge in [0.1, 0.15) is 17.4 Å². The minimum atomic E-state index is -0.549. The molecule has 3 aromatic carbocycles. The molecule has 0 aromatic heterocycles. The standard InChI is InChI=1S/C24H19N3O3/c1-17(28)26-20-13-11-18(12-14-20)15-19(16-25)24(29)27-22-9-5-6-10-23(22)30-21-7-3-2-4-8-21/h2-15H,1H3,(H,26,28)(H,27,29)/b19-15+. The zero-order valence-corrected chi connectivity index (χ0v) is 16.3. The SMILES string of the molecule is CC(=O)Nc1ccc(/C=C(\C#N)C(=O)Nc2ccccc2Oc2ccccc2)cc1. The van der Waals surface area contributed by atoms with Gasteiger partial charge in [0.2, 0.25) is 5.91 Å². The molecule has 3 aromatic rings. The smallest absolute Gasteiger partial charge is 0.266 e. The highest BCUT2D eigenvalue weighted by Gasteiger charge is 2.13. The second-order valence-corrected chi connectivity index (χ2v) is 6.34. The molecule has 0 fully saturated rings. The molecule has 0 heterocycles. The highest BCUT2D eigenvalue weighted by atomic mass is 16.5. The van der Waals surface area contributed by atoms with Gasteiger partial charge in [-0.1, -0.05) is 42.5 Å². The Morgan fingerprint density at radius 3 is 2.23 bits per heavy atom. The molecule has 6 heteroatoms. The van der Waals surface area contributed by atoms with Crippen molar-refractivity contribution in [3.63, 3.8) is 0 Å². The van der Waals surface area contributed by atoms with Crippen LogP contribution in [0.2, 0.25) is 0 Å². The predicted octanol–water partition coefficient (Wildman–Crippen LogP) is 4.98. The first-order valence-electron chi connectivity index (χ1n) is 9.18. The number of anilines is 2. The maximum absolute atomic E-state index is 12.7. The minimum Gasteiger partial charge on any atom is -0.455 e. The van der Waals surface area contributed by atoms with Gasteiger partial charge in [-0.05, 0) is 48.0 Å². The zero-order chi connectivity index (χ0) is 21.3. The van der Waals surface area contributed by atoms with E-state index in [-0.39, 0.29) is 11.5 Å².